The summed E-state index contributed by atoms with van der Waals surface area (Å²) in [5, 5.41) is 14.3. The molecular formula is C13H16N8O2. The third kappa shape index (κ3) is 3.11. The molecule has 0 saturated carbocycles. The molecule has 0 spiro atoms. The molecule has 120 valence electrons. The number of aromatic nitrogens is 6. The van der Waals surface area contributed by atoms with Crippen molar-refractivity contribution < 1.29 is 9.53 Å². The minimum absolute atomic E-state index is 0.0952. The molecule has 0 atom stereocenters. The molecular weight excluding hydrogens is 300 g/mol. The molecule has 0 aliphatic heterocycles. The van der Waals surface area contributed by atoms with Crippen LogP contribution in [0.2, 0.25) is 0 Å². The smallest absolute Gasteiger partial charge is 0.271 e. The van der Waals surface area contributed by atoms with E-state index in [2.05, 4.69) is 30.6 Å². The Bertz CT molecular complexity index is 824. The van der Waals surface area contributed by atoms with Gasteiger partial charge < -0.3 is 15.8 Å². The van der Waals surface area contributed by atoms with Gasteiger partial charge in [0.15, 0.2) is 17.2 Å². The highest BCUT2D eigenvalue weighted by Crippen LogP contribution is 2.17. The van der Waals surface area contributed by atoms with Gasteiger partial charge in [-0.2, -0.15) is 20.2 Å². The van der Waals surface area contributed by atoms with Gasteiger partial charge >= 0.3 is 0 Å². The number of methoxy groups -OCH3 is 1. The van der Waals surface area contributed by atoms with Crippen LogP contribution in [0.15, 0.2) is 18.5 Å². The van der Waals surface area contributed by atoms with E-state index in [4.69, 9.17) is 10.5 Å². The van der Waals surface area contributed by atoms with Gasteiger partial charge in [-0.3, -0.25) is 9.89 Å². The van der Waals surface area contributed by atoms with Crippen LogP contribution in [0.25, 0.3) is 16.9 Å². The lowest BCUT2D eigenvalue weighted by Gasteiger charge is -2.03. The molecule has 23 heavy (non-hydrogen) atoms. The first kappa shape index (κ1) is 14.9. The summed E-state index contributed by atoms with van der Waals surface area (Å²) in [6.45, 7) is 1.11. The number of hydrogen-bond acceptors (Lipinski definition) is 7. The Hall–Kier alpha value is -3.01. The lowest BCUT2D eigenvalue weighted by Crippen LogP contribution is -2.25. The molecule has 10 nitrogen and oxygen atoms in total. The second-order valence-electron chi connectivity index (χ2n) is 4.79. The molecule has 0 saturated heterocycles. The van der Waals surface area contributed by atoms with E-state index in [0.29, 0.717) is 30.0 Å². The lowest BCUT2D eigenvalue weighted by molar-refractivity contribution is 0.0943. The quantitative estimate of drug-likeness (QED) is 0.539. The van der Waals surface area contributed by atoms with Gasteiger partial charge in [-0.25, -0.2) is 4.68 Å². The molecule has 10 heteroatoms. The van der Waals surface area contributed by atoms with Crippen LogP contribution < -0.4 is 11.1 Å². The van der Waals surface area contributed by atoms with Crippen molar-refractivity contribution in [2.24, 2.45) is 0 Å². The lowest BCUT2D eigenvalue weighted by atomic mass is 10.4. The fraction of sp³-hybridized carbons (Fsp3) is 0.308. The van der Waals surface area contributed by atoms with E-state index in [9.17, 15) is 4.79 Å². The van der Waals surface area contributed by atoms with Crippen molar-refractivity contribution in [3.05, 3.63) is 24.2 Å². The number of nitrogens with two attached hydrogens (primary N) is 1. The number of fused-ring (bicyclic) bond motifs is 1. The molecule has 4 N–H and O–H groups in total. The SMILES string of the molecule is COCCCNC(=O)c1ccn(-c2nc(N)nc3[nH]ncc23)n1. The van der Waals surface area contributed by atoms with E-state index in [1.165, 1.54) is 4.68 Å². The number of carbonyl (C=O) groups is 1. The van der Waals surface area contributed by atoms with Crippen LogP contribution in [-0.4, -0.2) is 56.1 Å². The van der Waals surface area contributed by atoms with E-state index < -0.39 is 0 Å². The average Bonchev–Trinajstić information content (AvgIpc) is 3.19. The number of rotatable bonds is 6. The van der Waals surface area contributed by atoms with Gasteiger partial charge in [0, 0.05) is 26.5 Å². The monoisotopic (exact) mass is 316 g/mol. The van der Waals surface area contributed by atoms with Crippen molar-refractivity contribution >= 4 is 22.9 Å². The summed E-state index contributed by atoms with van der Waals surface area (Å²) in [5.74, 6) is 0.294. The molecule has 0 aromatic carbocycles. The van der Waals surface area contributed by atoms with Crippen LogP contribution in [0.3, 0.4) is 0 Å². The van der Waals surface area contributed by atoms with Crippen LogP contribution in [-0.2, 0) is 4.74 Å². The van der Waals surface area contributed by atoms with E-state index in [-0.39, 0.29) is 17.5 Å². The van der Waals surface area contributed by atoms with Gasteiger partial charge in [0.05, 0.1) is 11.6 Å². The second-order valence-corrected chi connectivity index (χ2v) is 4.79. The number of carbonyl (C=O) groups excluding carboxylic acids is 1. The van der Waals surface area contributed by atoms with Gasteiger partial charge in [0.25, 0.3) is 5.91 Å². The van der Waals surface area contributed by atoms with Gasteiger partial charge in [-0.15, -0.1) is 0 Å². The molecule has 0 radical (unpaired) electrons. The highest BCUT2D eigenvalue weighted by Gasteiger charge is 2.14. The van der Waals surface area contributed by atoms with Crippen molar-refractivity contribution in [1.29, 1.82) is 0 Å². The van der Waals surface area contributed by atoms with Crippen molar-refractivity contribution in [3.63, 3.8) is 0 Å². The Morgan fingerprint density at radius 1 is 1.48 bits per heavy atom. The van der Waals surface area contributed by atoms with Crippen molar-refractivity contribution in [2.45, 2.75) is 6.42 Å². The third-order valence-electron chi connectivity index (χ3n) is 3.16. The molecule has 3 heterocycles. The average molecular weight is 316 g/mol. The molecule has 3 aromatic rings. The fourth-order valence-electron chi connectivity index (χ4n) is 2.08. The number of nitrogen functional groups attached to an aromatic ring is 1. The van der Waals surface area contributed by atoms with Gasteiger partial charge in [0.2, 0.25) is 5.95 Å². The molecule has 1 amide bonds. The summed E-state index contributed by atoms with van der Waals surface area (Å²) in [6.07, 6.45) is 3.95. The number of anilines is 1. The Labute approximate surface area is 131 Å². The summed E-state index contributed by atoms with van der Waals surface area (Å²) in [4.78, 5) is 20.2. The molecule has 0 unspecified atom stereocenters. The Balaban J connectivity index is 1.81. The van der Waals surface area contributed by atoms with Crippen LogP contribution in [0.5, 0.6) is 0 Å². The molecule has 0 fully saturated rings. The number of H-pyrrole nitrogens is 1. The maximum Gasteiger partial charge on any atom is 0.271 e. The van der Waals surface area contributed by atoms with Crippen molar-refractivity contribution in [3.8, 4) is 5.82 Å². The number of nitrogens with one attached hydrogen (secondary N) is 2. The van der Waals surface area contributed by atoms with E-state index in [1.54, 1.807) is 25.6 Å². The molecule has 0 bridgehead atoms. The highest BCUT2D eigenvalue weighted by atomic mass is 16.5. The normalized spacial score (nSPS) is 11.0. The minimum atomic E-state index is -0.259. The minimum Gasteiger partial charge on any atom is -0.385 e. The van der Waals surface area contributed by atoms with Crippen LogP contribution in [0.4, 0.5) is 5.95 Å². The predicted molar refractivity (Wildman–Crippen MR) is 82.0 cm³/mol. The maximum atomic E-state index is 12.0. The molecule has 0 aliphatic carbocycles. The number of hydrogen-bond donors (Lipinski definition) is 3. The van der Waals surface area contributed by atoms with Crippen LogP contribution >= 0.6 is 0 Å². The Kier molecular flexibility index (Phi) is 4.15. The van der Waals surface area contributed by atoms with Gasteiger partial charge in [-0.05, 0) is 12.5 Å². The van der Waals surface area contributed by atoms with E-state index >= 15 is 0 Å². The standard InChI is InChI=1S/C13H16N8O2/c1-23-6-2-4-15-12(22)9-3-5-21(20-9)11-8-7-16-19-10(8)17-13(14)18-11/h3,5,7H,2,4,6H2,1H3,(H,15,22)(H3,14,16,17,18,19). The summed E-state index contributed by atoms with van der Waals surface area (Å²) in [7, 11) is 1.62. The Morgan fingerprint density at radius 3 is 3.17 bits per heavy atom. The molecule has 3 aromatic heterocycles. The second kappa shape index (κ2) is 6.40. The van der Waals surface area contributed by atoms with Crippen molar-refractivity contribution in [1.82, 2.24) is 35.3 Å². The first-order chi connectivity index (χ1) is 11.2. The molecule has 0 aliphatic rings. The van der Waals surface area contributed by atoms with Gasteiger partial charge in [0.1, 0.15) is 0 Å². The zero-order valence-electron chi connectivity index (χ0n) is 12.5. The topological polar surface area (TPSA) is 137 Å². The number of ether oxygens (including phenoxy) is 1. The summed E-state index contributed by atoms with van der Waals surface area (Å²) >= 11 is 0. The first-order valence-corrected chi connectivity index (χ1v) is 6.99. The largest absolute Gasteiger partial charge is 0.385 e. The first-order valence-electron chi connectivity index (χ1n) is 6.99. The molecule has 3 rings (SSSR count). The maximum absolute atomic E-state index is 12.0. The zero-order chi connectivity index (χ0) is 16.2. The number of amides is 1. The van der Waals surface area contributed by atoms with E-state index in [0.717, 1.165) is 6.42 Å². The van der Waals surface area contributed by atoms with E-state index in [1.807, 2.05) is 0 Å². The summed E-state index contributed by atoms with van der Waals surface area (Å²) in [5.41, 5.74) is 6.48. The number of aromatic amines is 1. The van der Waals surface area contributed by atoms with Crippen LogP contribution in [0, 0.1) is 0 Å². The third-order valence-corrected chi connectivity index (χ3v) is 3.16. The van der Waals surface area contributed by atoms with Crippen molar-refractivity contribution in [2.75, 3.05) is 26.0 Å². The summed E-state index contributed by atoms with van der Waals surface area (Å²) in [6, 6.07) is 1.61. The predicted octanol–water partition coefficient (Wildman–Crippen LogP) is -0.113. The number of nitrogens with zero attached hydrogens (tertiary/aromatic N) is 5. The summed E-state index contributed by atoms with van der Waals surface area (Å²) < 4.78 is 6.40. The zero-order valence-corrected chi connectivity index (χ0v) is 12.5. The van der Waals surface area contributed by atoms with Crippen LogP contribution in [0.1, 0.15) is 16.9 Å². The Morgan fingerprint density at radius 2 is 2.35 bits per heavy atom. The fourth-order valence-corrected chi connectivity index (χ4v) is 2.08. The highest BCUT2D eigenvalue weighted by molar-refractivity contribution is 5.92. The van der Waals surface area contributed by atoms with Gasteiger partial charge in [-0.1, -0.05) is 0 Å².